The van der Waals surface area contributed by atoms with Crippen molar-refractivity contribution in [3.05, 3.63) is 59.7 Å². The Balaban J connectivity index is 1.83. The fourth-order valence-corrected chi connectivity index (χ4v) is 2.56. The zero-order valence-corrected chi connectivity index (χ0v) is 12.5. The topological polar surface area (TPSA) is 50.1 Å². The highest BCUT2D eigenvalue weighted by atomic mass is 19.2. The second kappa shape index (κ2) is 8.23. The molecular formula is C18H17F2NO2. The number of carbonyl (C=O) groups excluding carboxylic acids is 1. The van der Waals surface area contributed by atoms with Crippen LogP contribution >= 0.6 is 0 Å². The predicted octanol–water partition coefficient (Wildman–Crippen LogP) is 4.32. The van der Waals surface area contributed by atoms with E-state index in [9.17, 15) is 13.6 Å². The van der Waals surface area contributed by atoms with Crippen LogP contribution < -0.4 is 0 Å². The number of hydrogen-bond donors (Lipinski definition) is 0. The van der Waals surface area contributed by atoms with Crippen molar-refractivity contribution in [2.45, 2.75) is 31.8 Å². The average molecular weight is 317 g/mol. The number of halogens is 2. The number of rotatable bonds is 4. The van der Waals surface area contributed by atoms with Crippen LogP contribution in [0.4, 0.5) is 8.78 Å². The number of ether oxygens (including phenoxy) is 1. The molecule has 0 saturated heterocycles. The van der Waals surface area contributed by atoms with Crippen molar-refractivity contribution in [2.75, 3.05) is 0 Å². The molecule has 0 atom stereocenters. The van der Waals surface area contributed by atoms with Gasteiger partial charge in [0.25, 0.3) is 0 Å². The van der Waals surface area contributed by atoms with E-state index < -0.39 is 17.6 Å². The Morgan fingerprint density at radius 1 is 1.17 bits per heavy atom. The van der Waals surface area contributed by atoms with Crippen LogP contribution in [0.25, 0.3) is 0 Å². The molecule has 5 heteroatoms. The summed E-state index contributed by atoms with van der Waals surface area (Å²) in [5.41, 5.74) is 0.0209. The van der Waals surface area contributed by atoms with Gasteiger partial charge < -0.3 is 4.74 Å². The summed E-state index contributed by atoms with van der Waals surface area (Å²) in [5, 5.41) is 8.38. The molecule has 1 aliphatic rings. The maximum Gasteiger partial charge on any atom is 0.338 e. The molecule has 0 heterocycles. The molecule has 3 nitrogen and oxygen atoms in total. The van der Waals surface area contributed by atoms with Gasteiger partial charge in [-0.05, 0) is 49.8 Å². The largest absolute Gasteiger partial charge is 0.459 e. The summed E-state index contributed by atoms with van der Waals surface area (Å²) >= 11 is 0. The molecule has 1 fully saturated rings. The summed E-state index contributed by atoms with van der Waals surface area (Å²) < 4.78 is 31.3. The van der Waals surface area contributed by atoms with E-state index in [1.807, 2.05) is 18.2 Å². The molecule has 120 valence electrons. The van der Waals surface area contributed by atoms with Crippen molar-refractivity contribution in [2.24, 2.45) is 5.92 Å². The van der Waals surface area contributed by atoms with E-state index in [4.69, 9.17) is 10.00 Å². The molecule has 1 aliphatic carbocycles. The Morgan fingerprint density at radius 2 is 1.91 bits per heavy atom. The van der Waals surface area contributed by atoms with Crippen LogP contribution in [0.1, 0.15) is 36.0 Å². The first kappa shape index (κ1) is 16.9. The summed E-state index contributed by atoms with van der Waals surface area (Å²) in [6.45, 7) is 0. The van der Waals surface area contributed by atoms with E-state index in [0.29, 0.717) is 5.92 Å². The van der Waals surface area contributed by atoms with E-state index in [-0.39, 0.29) is 11.7 Å². The minimum absolute atomic E-state index is 0.0209. The summed E-state index contributed by atoms with van der Waals surface area (Å²) in [6.07, 6.45) is 10.0. The molecular weight excluding hydrogens is 300 g/mol. The first-order valence-electron chi connectivity index (χ1n) is 7.49. The van der Waals surface area contributed by atoms with E-state index in [1.165, 1.54) is 12.1 Å². The van der Waals surface area contributed by atoms with Gasteiger partial charge in [-0.15, -0.1) is 0 Å². The number of hydrogen-bond acceptors (Lipinski definition) is 3. The molecule has 23 heavy (non-hydrogen) atoms. The third-order valence-corrected chi connectivity index (χ3v) is 3.81. The maximum absolute atomic E-state index is 13.1. The summed E-state index contributed by atoms with van der Waals surface area (Å²) in [5.74, 6) is -2.27. The van der Waals surface area contributed by atoms with Crippen molar-refractivity contribution >= 4 is 5.97 Å². The van der Waals surface area contributed by atoms with Crippen molar-refractivity contribution in [1.82, 2.24) is 0 Å². The second-order valence-corrected chi connectivity index (χ2v) is 5.44. The van der Waals surface area contributed by atoms with Crippen LogP contribution in [0.5, 0.6) is 0 Å². The quantitative estimate of drug-likeness (QED) is 0.472. The molecule has 2 rings (SSSR count). The fraction of sp³-hybridized carbons (Fsp3) is 0.333. The lowest BCUT2D eigenvalue weighted by atomic mass is 9.87. The van der Waals surface area contributed by atoms with Crippen molar-refractivity contribution < 1.29 is 18.3 Å². The Labute approximate surface area is 133 Å². The fourth-order valence-electron chi connectivity index (χ4n) is 2.56. The van der Waals surface area contributed by atoms with E-state index >= 15 is 0 Å². The van der Waals surface area contributed by atoms with E-state index in [2.05, 4.69) is 0 Å². The van der Waals surface area contributed by atoms with Crippen LogP contribution in [-0.2, 0) is 4.74 Å². The molecule has 0 N–H and O–H groups in total. The molecule has 0 unspecified atom stereocenters. The van der Waals surface area contributed by atoms with Gasteiger partial charge in [-0.2, -0.15) is 5.26 Å². The van der Waals surface area contributed by atoms with Crippen molar-refractivity contribution in [1.29, 1.82) is 5.26 Å². The monoisotopic (exact) mass is 317 g/mol. The van der Waals surface area contributed by atoms with Crippen molar-refractivity contribution in [3.63, 3.8) is 0 Å². The number of carbonyl (C=O) groups is 1. The van der Waals surface area contributed by atoms with E-state index in [1.54, 1.807) is 6.08 Å². The third kappa shape index (κ3) is 5.03. The highest BCUT2D eigenvalue weighted by molar-refractivity contribution is 5.89. The van der Waals surface area contributed by atoms with Gasteiger partial charge in [-0.3, -0.25) is 0 Å². The summed E-state index contributed by atoms with van der Waals surface area (Å²) in [6, 6.07) is 4.91. The summed E-state index contributed by atoms with van der Waals surface area (Å²) in [4.78, 5) is 11.9. The number of allylic oxidation sites excluding steroid dienone is 4. The molecule has 1 aromatic rings. The molecule has 1 aromatic carbocycles. The van der Waals surface area contributed by atoms with Crippen LogP contribution in [0, 0.1) is 28.9 Å². The van der Waals surface area contributed by atoms with Gasteiger partial charge in [-0.1, -0.05) is 18.2 Å². The SMILES string of the molecule is N#C/C=C/C=C/C1CCC(OC(=O)c2ccc(F)c(F)c2)CC1. The molecule has 0 bridgehead atoms. The van der Waals surface area contributed by atoms with Gasteiger partial charge in [0.15, 0.2) is 11.6 Å². The van der Waals surface area contributed by atoms with Gasteiger partial charge in [0, 0.05) is 6.08 Å². The third-order valence-electron chi connectivity index (χ3n) is 3.81. The van der Waals surface area contributed by atoms with Gasteiger partial charge in [-0.25, -0.2) is 13.6 Å². The molecule has 1 saturated carbocycles. The van der Waals surface area contributed by atoms with Gasteiger partial charge in [0.05, 0.1) is 11.6 Å². The average Bonchev–Trinajstić information content (AvgIpc) is 2.55. The second-order valence-electron chi connectivity index (χ2n) is 5.44. The van der Waals surface area contributed by atoms with Crippen LogP contribution in [-0.4, -0.2) is 12.1 Å². The summed E-state index contributed by atoms with van der Waals surface area (Å²) in [7, 11) is 0. The number of nitriles is 1. The standard InChI is InChI=1S/C18H17F2NO2/c19-16-10-7-14(12-17(16)20)18(22)23-15-8-5-13(6-9-15)4-2-1-3-11-21/h1-4,7,10,12-13,15H,5-6,8-9H2/b3-1+,4-2+. The zero-order chi connectivity index (χ0) is 16.7. The number of nitrogens with zero attached hydrogens (tertiary/aromatic N) is 1. The van der Waals surface area contributed by atoms with Crippen LogP contribution in [0.3, 0.4) is 0 Å². The molecule has 0 radical (unpaired) electrons. The lowest BCUT2D eigenvalue weighted by Gasteiger charge is -2.26. The van der Waals surface area contributed by atoms with E-state index in [0.717, 1.165) is 37.8 Å². The minimum Gasteiger partial charge on any atom is -0.459 e. The Kier molecular flexibility index (Phi) is 6.04. The molecule has 0 aromatic heterocycles. The van der Waals surface area contributed by atoms with Gasteiger partial charge in [0.1, 0.15) is 6.10 Å². The molecule has 0 amide bonds. The highest BCUT2D eigenvalue weighted by Gasteiger charge is 2.23. The lowest BCUT2D eigenvalue weighted by Crippen LogP contribution is -2.24. The van der Waals surface area contributed by atoms with Crippen LogP contribution in [0.15, 0.2) is 42.5 Å². The number of benzene rings is 1. The predicted molar refractivity (Wildman–Crippen MR) is 81.4 cm³/mol. The van der Waals surface area contributed by atoms with Crippen molar-refractivity contribution in [3.8, 4) is 6.07 Å². The molecule has 0 spiro atoms. The van der Waals surface area contributed by atoms with Gasteiger partial charge >= 0.3 is 5.97 Å². The lowest BCUT2D eigenvalue weighted by molar-refractivity contribution is 0.0184. The Bertz CT molecular complexity index is 653. The Morgan fingerprint density at radius 3 is 2.57 bits per heavy atom. The number of esters is 1. The molecule has 0 aliphatic heterocycles. The van der Waals surface area contributed by atoms with Gasteiger partial charge in [0.2, 0.25) is 0 Å². The normalized spacial score (nSPS) is 21.4. The maximum atomic E-state index is 13.1. The minimum atomic E-state index is -1.06. The smallest absolute Gasteiger partial charge is 0.338 e. The first-order valence-corrected chi connectivity index (χ1v) is 7.49. The Hall–Kier alpha value is -2.48. The zero-order valence-electron chi connectivity index (χ0n) is 12.5. The van der Waals surface area contributed by atoms with Crippen LogP contribution in [0.2, 0.25) is 0 Å². The first-order chi connectivity index (χ1) is 11.1. The highest BCUT2D eigenvalue weighted by Crippen LogP contribution is 2.28.